The van der Waals surface area contributed by atoms with Crippen molar-refractivity contribution in [2.75, 3.05) is 0 Å². The molecule has 2 heterocycles. The zero-order valence-electron chi connectivity index (χ0n) is 22.4. The number of aromatic nitrogens is 1. The van der Waals surface area contributed by atoms with Crippen LogP contribution in [-0.2, 0) is 5.41 Å². The molecular formula is C34H23B2FN2O. The lowest BCUT2D eigenvalue weighted by molar-refractivity contribution is 0.529. The van der Waals surface area contributed by atoms with Crippen LogP contribution in [0.25, 0.3) is 55.4 Å². The second-order valence-corrected chi connectivity index (χ2v) is 10.9. The maximum absolute atomic E-state index is 15.6. The fourth-order valence-electron chi connectivity index (χ4n) is 5.37. The van der Waals surface area contributed by atoms with Crippen LogP contribution in [0.15, 0.2) is 89.3 Å². The van der Waals surface area contributed by atoms with Gasteiger partial charge in [0.2, 0.25) is 0 Å². The van der Waals surface area contributed by atoms with Crippen molar-refractivity contribution in [1.82, 2.24) is 4.98 Å². The van der Waals surface area contributed by atoms with E-state index in [0.29, 0.717) is 22.3 Å². The van der Waals surface area contributed by atoms with Gasteiger partial charge in [-0.2, -0.15) is 5.26 Å². The summed E-state index contributed by atoms with van der Waals surface area (Å²) in [6.45, 7) is 5.59. The summed E-state index contributed by atoms with van der Waals surface area (Å²) in [6.07, 6.45) is 0. The molecule has 4 radical (unpaired) electrons. The Kier molecular flexibility index (Phi) is 6.11. The van der Waals surface area contributed by atoms with E-state index in [1.165, 1.54) is 0 Å². The minimum Gasteiger partial charge on any atom is -0.455 e. The van der Waals surface area contributed by atoms with Crippen LogP contribution in [-0.4, -0.2) is 20.7 Å². The largest absolute Gasteiger partial charge is 0.455 e. The van der Waals surface area contributed by atoms with Crippen molar-refractivity contribution in [2.24, 2.45) is 0 Å². The molecule has 0 N–H and O–H groups in total. The van der Waals surface area contributed by atoms with Crippen LogP contribution >= 0.6 is 0 Å². The number of rotatable bonds is 3. The van der Waals surface area contributed by atoms with Crippen molar-refractivity contribution in [3.8, 4) is 39.6 Å². The van der Waals surface area contributed by atoms with E-state index in [9.17, 15) is 5.26 Å². The Morgan fingerprint density at radius 2 is 1.45 bits per heavy atom. The van der Waals surface area contributed by atoms with E-state index >= 15 is 4.39 Å². The van der Waals surface area contributed by atoms with Gasteiger partial charge in [0.25, 0.3) is 0 Å². The van der Waals surface area contributed by atoms with Crippen molar-refractivity contribution < 1.29 is 8.81 Å². The Hall–Kier alpha value is -4.62. The zero-order valence-corrected chi connectivity index (χ0v) is 22.4. The predicted molar refractivity (Wildman–Crippen MR) is 162 cm³/mol. The number of benzene rings is 4. The summed E-state index contributed by atoms with van der Waals surface area (Å²) in [5.41, 5.74) is 5.91. The molecule has 188 valence electrons. The Morgan fingerprint density at radius 1 is 0.775 bits per heavy atom. The van der Waals surface area contributed by atoms with Gasteiger partial charge in [0.05, 0.1) is 17.3 Å². The Bertz CT molecular complexity index is 1980. The molecule has 0 atom stereocenters. The molecule has 6 heteroatoms. The number of nitrogens with zero attached hydrogens (tertiary/aromatic N) is 2. The molecule has 0 aliphatic carbocycles. The standard InChI is InChI=1S/C34H23B2FN2O/c1-34(2,3)27-29(37)28(35)30(39-33(27)36)24-14-8-13-23-26-16-19(18-38)15-25(32(26)40-31(23)24)22-12-7-11-21(17-22)20-9-5-4-6-10-20/h4-17H,1-3H3. The monoisotopic (exact) mass is 516 g/mol. The average Bonchev–Trinajstić information content (AvgIpc) is 3.33. The number of fused-ring (bicyclic) bond motifs is 3. The minimum atomic E-state index is -0.576. The third kappa shape index (κ3) is 4.19. The van der Waals surface area contributed by atoms with E-state index in [2.05, 4.69) is 35.3 Å². The predicted octanol–water partition coefficient (Wildman–Crippen LogP) is 6.88. The normalized spacial score (nSPS) is 11.7. The summed E-state index contributed by atoms with van der Waals surface area (Å²) in [5, 5.41) is 11.4. The van der Waals surface area contributed by atoms with Crippen molar-refractivity contribution in [3.63, 3.8) is 0 Å². The number of halogens is 1. The molecule has 2 aromatic heterocycles. The number of pyridine rings is 1. The lowest BCUT2D eigenvalue weighted by atomic mass is 9.76. The van der Waals surface area contributed by atoms with E-state index in [-0.39, 0.29) is 22.3 Å². The van der Waals surface area contributed by atoms with E-state index < -0.39 is 11.2 Å². The smallest absolute Gasteiger partial charge is 0.144 e. The molecule has 0 amide bonds. The molecule has 3 nitrogen and oxygen atoms in total. The SMILES string of the molecule is [B]c1nc(-c2cccc3c2oc2c(-c4cccc(-c5ccccc5)c4)cc(C#N)cc23)c([B])c(F)c1C(C)(C)C. The topological polar surface area (TPSA) is 49.8 Å². The molecular weight excluding hydrogens is 493 g/mol. The minimum absolute atomic E-state index is 0.0828. The number of nitriles is 1. The first kappa shape index (κ1) is 25.6. The van der Waals surface area contributed by atoms with Gasteiger partial charge in [-0.15, -0.1) is 0 Å². The molecule has 40 heavy (non-hydrogen) atoms. The molecule has 0 saturated heterocycles. The second-order valence-electron chi connectivity index (χ2n) is 10.9. The molecule has 0 fully saturated rings. The van der Waals surface area contributed by atoms with E-state index in [1.807, 2.05) is 75.4 Å². The lowest BCUT2D eigenvalue weighted by Crippen LogP contribution is -2.34. The highest BCUT2D eigenvalue weighted by Crippen LogP contribution is 2.41. The zero-order chi connectivity index (χ0) is 28.2. The van der Waals surface area contributed by atoms with E-state index in [4.69, 9.17) is 20.1 Å². The highest BCUT2D eigenvalue weighted by Gasteiger charge is 2.26. The first-order chi connectivity index (χ1) is 19.2. The molecule has 0 aliphatic heterocycles. The summed E-state index contributed by atoms with van der Waals surface area (Å²) in [7, 11) is 12.6. The van der Waals surface area contributed by atoms with Crippen molar-refractivity contribution in [3.05, 3.63) is 102 Å². The van der Waals surface area contributed by atoms with Crippen LogP contribution in [0, 0.1) is 17.1 Å². The van der Waals surface area contributed by atoms with Crippen molar-refractivity contribution in [1.29, 1.82) is 5.26 Å². The van der Waals surface area contributed by atoms with Gasteiger partial charge in [-0.25, -0.2) is 4.39 Å². The maximum Gasteiger partial charge on any atom is 0.144 e. The fourth-order valence-corrected chi connectivity index (χ4v) is 5.37. The lowest BCUT2D eigenvalue weighted by Gasteiger charge is -2.24. The van der Waals surface area contributed by atoms with Gasteiger partial charge in [-0.1, -0.05) is 81.4 Å². The van der Waals surface area contributed by atoms with Gasteiger partial charge < -0.3 is 4.42 Å². The summed E-state index contributed by atoms with van der Waals surface area (Å²) in [6, 6.07) is 29.7. The summed E-state index contributed by atoms with van der Waals surface area (Å²) < 4.78 is 22.1. The number of para-hydroxylation sites is 1. The summed E-state index contributed by atoms with van der Waals surface area (Å²) >= 11 is 0. The summed E-state index contributed by atoms with van der Waals surface area (Å²) in [4.78, 5) is 4.55. The molecule has 6 aromatic rings. The molecule has 4 aromatic carbocycles. The van der Waals surface area contributed by atoms with Gasteiger partial charge in [-0.05, 0) is 57.4 Å². The van der Waals surface area contributed by atoms with Gasteiger partial charge >= 0.3 is 0 Å². The van der Waals surface area contributed by atoms with Crippen LogP contribution in [0.3, 0.4) is 0 Å². The second kappa shape index (κ2) is 9.54. The summed E-state index contributed by atoms with van der Waals surface area (Å²) in [5.74, 6) is -0.576. The highest BCUT2D eigenvalue weighted by molar-refractivity contribution is 6.38. The van der Waals surface area contributed by atoms with Gasteiger partial charge in [-0.3, -0.25) is 4.98 Å². The van der Waals surface area contributed by atoms with Gasteiger partial charge in [0.15, 0.2) is 0 Å². The van der Waals surface area contributed by atoms with Crippen LogP contribution in [0.5, 0.6) is 0 Å². The van der Waals surface area contributed by atoms with Crippen LogP contribution < -0.4 is 11.1 Å². The number of furan rings is 1. The van der Waals surface area contributed by atoms with Crippen LogP contribution in [0.2, 0.25) is 0 Å². The third-order valence-electron chi connectivity index (χ3n) is 7.21. The molecule has 0 saturated carbocycles. The van der Waals surface area contributed by atoms with Crippen LogP contribution in [0.1, 0.15) is 31.9 Å². The fraction of sp³-hybridized carbons (Fsp3) is 0.118. The highest BCUT2D eigenvalue weighted by atomic mass is 19.1. The Balaban J connectivity index is 1.62. The van der Waals surface area contributed by atoms with Crippen LogP contribution in [0.4, 0.5) is 4.39 Å². The molecule has 0 aliphatic rings. The molecule has 0 spiro atoms. The Morgan fingerprint density at radius 3 is 2.17 bits per heavy atom. The first-order valence-corrected chi connectivity index (χ1v) is 13.0. The average molecular weight is 516 g/mol. The van der Waals surface area contributed by atoms with Gasteiger partial charge in [0, 0.05) is 27.5 Å². The van der Waals surface area contributed by atoms with E-state index in [0.717, 1.165) is 33.0 Å². The molecule has 6 rings (SSSR count). The number of hydrogen-bond acceptors (Lipinski definition) is 3. The molecule has 0 unspecified atom stereocenters. The van der Waals surface area contributed by atoms with Crippen molar-refractivity contribution in [2.45, 2.75) is 26.2 Å². The van der Waals surface area contributed by atoms with Gasteiger partial charge in [0.1, 0.15) is 32.7 Å². The Labute approximate surface area is 235 Å². The first-order valence-electron chi connectivity index (χ1n) is 13.0. The quantitative estimate of drug-likeness (QED) is 0.241. The number of hydrogen-bond donors (Lipinski definition) is 0. The van der Waals surface area contributed by atoms with Crippen molar-refractivity contribution >= 4 is 48.7 Å². The third-order valence-corrected chi connectivity index (χ3v) is 7.21. The maximum atomic E-state index is 15.6. The van der Waals surface area contributed by atoms with E-state index in [1.54, 1.807) is 6.07 Å². The molecule has 0 bridgehead atoms.